The largest absolute Gasteiger partial charge is 0.338 e. The molecule has 0 saturated carbocycles. The van der Waals surface area contributed by atoms with Gasteiger partial charge in [0.2, 0.25) is 11.8 Å². The summed E-state index contributed by atoms with van der Waals surface area (Å²) < 4.78 is 0. The molecule has 0 aliphatic heterocycles. The summed E-state index contributed by atoms with van der Waals surface area (Å²) in [6.45, 7) is 0. The maximum absolute atomic E-state index is 12.3. The second-order valence-electron chi connectivity index (χ2n) is 7.50. The molecule has 2 aromatic carbocycles. The summed E-state index contributed by atoms with van der Waals surface area (Å²) in [5, 5.41) is 9.80. The highest BCUT2D eigenvalue weighted by Gasteiger charge is 2.10. The fraction of sp³-hybridized carbons (Fsp3) is 0.0800. The molecule has 0 aliphatic rings. The quantitative estimate of drug-likeness (QED) is 0.283. The van der Waals surface area contributed by atoms with Crippen molar-refractivity contribution in [3.05, 3.63) is 87.2 Å². The van der Waals surface area contributed by atoms with Gasteiger partial charge in [0.25, 0.3) is 0 Å². The van der Waals surface area contributed by atoms with E-state index in [1.165, 1.54) is 0 Å². The number of aromatic amines is 1. The van der Waals surface area contributed by atoms with Crippen molar-refractivity contribution < 1.29 is 9.59 Å². The van der Waals surface area contributed by atoms with Crippen molar-refractivity contribution in [2.75, 3.05) is 10.6 Å². The Bertz CT molecular complexity index is 1390. The first-order chi connectivity index (χ1) is 16.1. The van der Waals surface area contributed by atoms with Crippen LogP contribution in [0.25, 0.3) is 22.4 Å². The van der Waals surface area contributed by atoms with E-state index in [9.17, 15) is 9.59 Å². The summed E-state index contributed by atoms with van der Waals surface area (Å²) in [4.78, 5) is 34.5. The molecule has 8 heteroatoms. The number of fused-ring (bicyclic) bond motifs is 1. The molecule has 0 unspecified atom stereocenters. The normalized spacial score (nSPS) is 10.9. The molecule has 0 atom stereocenters. The van der Waals surface area contributed by atoms with Gasteiger partial charge in [0.05, 0.1) is 23.9 Å². The number of aromatic nitrogens is 2. The van der Waals surface area contributed by atoms with Crippen LogP contribution in [0.4, 0.5) is 11.4 Å². The number of hydrogen-bond acceptors (Lipinski definition) is 5. The van der Waals surface area contributed by atoms with Crippen LogP contribution in [-0.4, -0.2) is 21.8 Å². The first kappa shape index (κ1) is 21.1. The third-order valence-electron chi connectivity index (χ3n) is 5.04. The van der Waals surface area contributed by atoms with E-state index in [0.29, 0.717) is 12.8 Å². The topological polar surface area (TPSA) is 86.9 Å². The molecule has 2 amide bonds. The van der Waals surface area contributed by atoms with Crippen molar-refractivity contribution in [2.45, 2.75) is 12.8 Å². The third-order valence-corrected chi connectivity index (χ3v) is 6.79. The van der Waals surface area contributed by atoms with E-state index in [1.807, 2.05) is 77.5 Å². The zero-order valence-corrected chi connectivity index (χ0v) is 19.1. The van der Waals surface area contributed by atoms with E-state index in [4.69, 9.17) is 0 Å². The Hall–Kier alpha value is -3.75. The van der Waals surface area contributed by atoms with Crippen molar-refractivity contribution in [1.82, 2.24) is 9.97 Å². The minimum atomic E-state index is -0.0479. The number of benzene rings is 2. The first-order valence-corrected chi connectivity index (χ1v) is 12.1. The molecule has 3 aromatic heterocycles. The third kappa shape index (κ3) is 5.19. The Balaban J connectivity index is 1.25. The maximum atomic E-state index is 12.3. The van der Waals surface area contributed by atoms with Crippen molar-refractivity contribution >= 4 is 56.9 Å². The maximum Gasteiger partial charge on any atom is 0.229 e. The molecule has 0 bridgehead atoms. The molecule has 0 saturated heterocycles. The second kappa shape index (κ2) is 9.40. The molecule has 6 nitrogen and oxygen atoms in total. The monoisotopic (exact) mass is 472 g/mol. The summed E-state index contributed by atoms with van der Waals surface area (Å²) in [5.74, 6) is 0.638. The van der Waals surface area contributed by atoms with E-state index < -0.39 is 0 Å². The number of hydrogen-bond donors (Lipinski definition) is 3. The van der Waals surface area contributed by atoms with Gasteiger partial charge >= 0.3 is 0 Å². The van der Waals surface area contributed by atoms with Gasteiger partial charge in [-0.05, 0) is 65.4 Å². The number of carbonyl (C=O) groups is 2. The predicted octanol–water partition coefficient (Wildman–Crippen LogP) is 5.72. The fourth-order valence-electron chi connectivity index (χ4n) is 3.49. The summed E-state index contributed by atoms with van der Waals surface area (Å²) in [5.41, 5.74) is 4.03. The Morgan fingerprint density at radius 2 is 1.39 bits per heavy atom. The fourth-order valence-corrected chi connectivity index (χ4v) is 4.90. The van der Waals surface area contributed by atoms with E-state index in [1.54, 1.807) is 22.7 Å². The summed E-state index contributed by atoms with van der Waals surface area (Å²) in [6, 6.07) is 21.0. The van der Waals surface area contributed by atoms with Gasteiger partial charge in [-0.25, -0.2) is 4.98 Å². The van der Waals surface area contributed by atoms with Crippen LogP contribution >= 0.6 is 22.7 Å². The zero-order chi connectivity index (χ0) is 22.6. The van der Waals surface area contributed by atoms with Gasteiger partial charge in [-0.1, -0.05) is 12.1 Å². The summed E-state index contributed by atoms with van der Waals surface area (Å²) in [7, 11) is 0. The SMILES string of the molecule is O=C(Cc1cccs1)Nc1ccc(-c2nc3ccc(NC(=O)Cc4cccs4)cc3[nH]2)cc1. The van der Waals surface area contributed by atoms with Crippen molar-refractivity contribution in [3.63, 3.8) is 0 Å². The lowest BCUT2D eigenvalue weighted by Gasteiger charge is -2.05. The minimum absolute atomic E-state index is 0.0393. The molecule has 0 aliphatic carbocycles. The van der Waals surface area contributed by atoms with Crippen LogP contribution in [0.3, 0.4) is 0 Å². The Kier molecular flexibility index (Phi) is 6.01. The number of imidazole rings is 1. The van der Waals surface area contributed by atoms with Crippen molar-refractivity contribution in [1.29, 1.82) is 0 Å². The number of amides is 2. The van der Waals surface area contributed by atoms with Gasteiger partial charge in [-0.3, -0.25) is 9.59 Å². The Morgan fingerprint density at radius 3 is 2.00 bits per heavy atom. The summed E-state index contributed by atoms with van der Waals surface area (Å²) >= 11 is 3.14. The van der Waals surface area contributed by atoms with Gasteiger partial charge in [-0.15, -0.1) is 22.7 Å². The highest BCUT2D eigenvalue weighted by molar-refractivity contribution is 7.10. The van der Waals surface area contributed by atoms with Gasteiger partial charge < -0.3 is 15.6 Å². The first-order valence-electron chi connectivity index (χ1n) is 10.4. The van der Waals surface area contributed by atoms with Gasteiger partial charge in [0.1, 0.15) is 5.82 Å². The van der Waals surface area contributed by atoms with Crippen LogP contribution in [0.5, 0.6) is 0 Å². The molecule has 3 heterocycles. The second-order valence-corrected chi connectivity index (χ2v) is 9.57. The van der Waals surface area contributed by atoms with Crippen LogP contribution in [0, 0.1) is 0 Å². The lowest BCUT2D eigenvalue weighted by Crippen LogP contribution is -2.13. The van der Waals surface area contributed by atoms with Crippen LogP contribution in [0.15, 0.2) is 77.5 Å². The number of thiophene rings is 2. The molecule has 33 heavy (non-hydrogen) atoms. The van der Waals surface area contributed by atoms with Gasteiger partial charge in [-0.2, -0.15) is 0 Å². The van der Waals surface area contributed by atoms with Crippen LogP contribution in [-0.2, 0) is 22.4 Å². The van der Waals surface area contributed by atoms with Crippen molar-refractivity contribution in [3.8, 4) is 11.4 Å². The van der Waals surface area contributed by atoms with E-state index >= 15 is 0 Å². The molecular formula is C25H20N4O2S2. The molecule has 0 spiro atoms. The molecule has 3 N–H and O–H groups in total. The summed E-state index contributed by atoms with van der Waals surface area (Å²) in [6.07, 6.45) is 0.731. The van der Waals surface area contributed by atoms with E-state index in [-0.39, 0.29) is 11.8 Å². The lowest BCUT2D eigenvalue weighted by molar-refractivity contribution is -0.116. The van der Waals surface area contributed by atoms with Crippen molar-refractivity contribution in [2.24, 2.45) is 0 Å². The number of H-pyrrole nitrogens is 1. The molecule has 5 rings (SSSR count). The van der Waals surface area contributed by atoms with Gasteiger partial charge in [0, 0.05) is 26.7 Å². The Labute approximate surface area is 198 Å². The highest BCUT2D eigenvalue weighted by Crippen LogP contribution is 2.24. The molecule has 5 aromatic rings. The number of rotatable bonds is 7. The van der Waals surface area contributed by atoms with Crippen LogP contribution in [0.2, 0.25) is 0 Å². The average Bonchev–Trinajstić information content (AvgIpc) is 3.56. The van der Waals surface area contributed by atoms with E-state index in [0.717, 1.165) is 43.6 Å². The Morgan fingerprint density at radius 1 is 0.788 bits per heavy atom. The predicted molar refractivity (Wildman–Crippen MR) is 135 cm³/mol. The standard InChI is InChI=1S/C25H20N4O2S2/c30-23(14-19-3-1-11-32-19)26-17-7-5-16(6-8-17)25-28-21-10-9-18(13-22(21)29-25)27-24(31)15-20-4-2-12-33-20/h1-13H,14-15H2,(H,26,30)(H,27,31)(H,28,29). The molecule has 164 valence electrons. The molecule has 0 fully saturated rings. The number of carbonyl (C=O) groups excluding carboxylic acids is 2. The van der Waals surface area contributed by atoms with Crippen LogP contribution < -0.4 is 10.6 Å². The number of nitrogens with one attached hydrogen (secondary N) is 3. The van der Waals surface area contributed by atoms with Gasteiger partial charge in [0.15, 0.2) is 0 Å². The average molecular weight is 473 g/mol. The molecule has 0 radical (unpaired) electrons. The minimum Gasteiger partial charge on any atom is -0.338 e. The lowest BCUT2D eigenvalue weighted by atomic mass is 10.2. The number of nitrogens with zero attached hydrogens (tertiary/aromatic N) is 1. The smallest absolute Gasteiger partial charge is 0.229 e. The zero-order valence-electron chi connectivity index (χ0n) is 17.5. The molecular weight excluding hydrogens is 452 g/mol. The van der Waals surface area contributed by atoms with Crippen LogP contribution in [0.1, 0.15) is 9.75 Å². The highest BCUT2D eigenvalue weighted by atomic mass is 32.1. The van der Waals surface area contributed by atoms with E-state index in [2.05, 4.69) is 20.6 Å². The number of anilines is 2.